The number of fused-ring (bicyclic) bond motifs is 1. The molecule has 166 valence electrons. The molecule has 9 nitrogen and oxygen atoms in total. The maximum absolute atomic E-state index is 11.5. The van der Waals surface area contributed by atoms with Crippen LogP contribution in [-0.2, 0) is 10.0 Å². The van der Waals surface area contributed by atoms with Crippen LogP contribution in [0, 0.1) is 6.92 Å². The fourth-order valence-corrected chi connectivity index (χ4v) is 3.48. The van der Waals surface area contributed by atoms with Gasteiger partial charge in [-0.25, -0.2) is 22.7 Å². The van der Waals surface area contributed by atoms with Gasteiger partial charge in [0.05, 0.1) is 29.6 Å². The molecule has 2 N–H and O–H groups in total. The molecule has 0 spiro atoms. The summed E-state index contributed by atoms with van der Waals surface area (Å²) in [7, 11) is -0.303. The molecule has 3 rings (SSSR count). The first-order valence-electron chi connectivity index (χ1n) is 9.23. The molecule has 0 saturated carbocycles. The van der Waals surface area contributed by atoms with Gasteiger partial charge in [0.1, 0.15) is 24.5 Å². The number of aromatic hydroxyl groups is 1. The quantitative estimate of drug-likeness (QED) is 0.519. The molecule has 1 aromatic heterocycles. The van der Waals surface area contributed by atoms with Crippen LogP contribution in [0.25, 0.3) is 10.9 Å². The van der Waals surface area contributed by atoms with Gasteiger partial charge in [0, 0.05) is 30.6 Å². The molecule has 2 aromatic carbocycles. The highest BCUT2D eigenvalue weighted by molar-refractivity contribution is 7.88. The van der Waals surface area contributed by atoms with Crippen molar-refractivity contribution in [3.63, 3.8) is 0 Å². The van der Waals surface area contributed by atoms with Crippen LogP contribution in [0.2, 0.25) is 5.02 Å². The monoisotopic (exact) mass is 466 g/mol. The number of aromatic nitrogens is 2. The van der Waals surface area contributed by atoms with Crippen molar-refractivity contribution in [1.82, 2.24) is 14.3 Å². The smallest absolute Gasteiger partial charge is 0.211 e. The van der Waals surface area contributed by atoms with Crippen LogP contribution in [0.5, 0.6) is 17.2 Å². The Labute approximate surface area is 185 Å². The lowest BCUT2D eigenvalue weighted by Gasteiger charge is -2.17. The summed E-state index contributed by atoms with van der Waals surface area (Å²) < 4.78 is 35.4. The predicted molar refractivity (Wildman–Crippen MR) is 120 cm³/mol. The number of methoxy groups -OCH3 is 1. The highest BCUT2D eigenvalue weighted by atomic mass is 35.5. The fraction of sp³-hybridized carbons (Fsp3) is 0.300. The minimum atomic E-state index is -3.29. The van der Waals surface area contributed by atoms with Crippen molar-refractivity contribution in [2.75, 3.05) is 38.9 Å². The summed E-state index contributed by atoms with van der Waals surface area (Å²) in [5.41, 5.74) is 1.70. The standard InChI is InChI=1S/C20H23ClN4O5S/c1-12-16(26)6-5-14(21)19(12)24-20-13-9-17(29-3)18(10-15(13)22-11-23-20)30-8-7-25(2)31(4,27)28/h5-6,9-11,26H,7-8H2,1-4H3,(H,22,23,24). The van der Waals surface area contributed by atoms with E-state index in [9.17, 15) is 13.5 Å². The van der Waals surface area contributed by atoms with E-state index in [1.807, 2.05) is 0 Å². The van der Waals surface area contributed by atoms with Crippen LogP contribution < -0.4 is 14.8 Å². The van der Waals surface area contributed by atoms with E-state index < -0.39 is 10.0 Å². The lowest BCUT2D eigenvalue weighted by Crippen LogP contribution is -2.29. The molecule has 0 unspecified atom stereocenters. The van der Waals surface area contributed by atoms with E-state index in [1.54, 1.807) is 25.1 Å². The van der Waals surface area contributed by atoms with Gasteiger partial charge >= 0.3 is 0 Å². The van der Waals surface area contributed by atoms with Crippen molar-refractivity contribution in [2.45, 2.75) is 6.92 Å². The number of phenolic OH excluding ortho intramolecular Hbond substituents is 1. The molecule has 1 heterocycles. The van der Waals surface area contributed by atoms with Crippen molar-refractivity contribution in [1.29, 1.82) is 0 Å². The Kier molecular flexibility index (Phi) is 6.73. The van der Waals surface area contributed by atoms with Gasteiger partial charge in [-0.3, -0.25) is 0 Å². The molecule has 0 bridgehead atoms. The largest absolute Gasteiger partial charge is 0.508 e. The number of nitrogens with one attached hydrogen (secondary N) is 1. The first-order valence-corrected chi connectivity index (χ1v) is 11.5. The topological polar surface area (TPSA) is 114 Å². The number of rotatable bonds is 8. The molecule has 31 heavy (non-hydrogen) atoms. The zero-order valence-corrected chi connectivity index (χ0v) is 19.1. The number of sulfonamides is 1. The summed E-state index contributed by atoms with van der Waals surface area (Å²) in [5, 5.41) is 14.2. The molecule has 0 radical (unpaired) electrons. The summed E-state index contributed by atoms with van der Waals surface area (Å²) in [6.07, 6.45) is 2.53. The van der Waals surface area contributed by atoms with Crippen molar-refractivity contribution in [3.8, 4) is 17.2 Å². The maximum atomic E-state index is 11.5. The average molecular weight is 467 g/mol. The molecule has 11 heteroatoms. The number of hydrogen-bond acceptors (Lipinski definition) is 8. The Bertz CT molecular complexity index is 1220. The molecule has 0 aliphatic rings. The molecule has 0 amide bonds. The van der Waals surface area contributed by atoms with E-state index in [4.69, 9.17) is 21.1 Å². The van der Waals surface area contributed by atoms with Gasteiger partial charge in [0.2, 0.25) is 10.0 Å². The molecule has 0 atom stereocenters. The number of hydrogen-bond donors (Lipinski definition) is 2. The Morgan fingerprint density at radius 3 is 2.65 bits per heavy atom. The van der Waals surface area contributed by atoms with Crippen LogP contribution in [0.3, 0.4) is 0 Å². The first kappa shape index (κ1) is 22.9. The highest BCUT2D eigenvalue weighted by Gasteiger charge is 2.16. The van der Waals surface area contributed by atoms with E-state index >= 15 is 0 Å². The van der Waals surface area contributed by atoms with Crippen molar-refractivity contribution in [3.05, 3.63) is 41.2 Å². The summed E-state index contributed by atoms with van der Waals surface area (Å²) in [5.74, 6) is 1.44. The number of phenols is 1. The van der Waals surface area contributed by atoms with Gasteiger partial charge < -0.3 is 19.9 Å². The van der Waals surface area contributed by atoms with Crippen LogP contribution in [0.4, 0.5) is 11.5 Å². The minimum Gasteiger partial charge on any atom is -0.508 e. The molecule has 0 aliphatic heterocycles. The van der Waals surface area contributed by atoms with Crippen molar-refractivity contribution in [2.24, 2.45) is 0 Å². The number of likely N-dealkylation sites (N-methyl/N-ethyl adjacent to an activating group) is 1. The zero-order chi connectivity index (χ0) is 22.8. The lowest BCUT2D eigenvalue weighted by molar-refractivity contribution is 0.272. The Morgan fingerprint density at radius 2 is 1.97 bits per heavy atom. The number of ether oxygens (including phenoxy) is 2. The van der Waals surface area contributed by atoms with Gasteiger partial charge in [-0.1, -0.05) is 11.6 Å². The second kappa shape index (κ2) is 9.13. The second-order valence-electron chi connectivity index (χ2n) is 6.87. The number of anilines is 2. The van der Waals surface area contributed by atoms with Gasteiger partial charge in [0.15, 0.2) is 11.5 Å². The van der Waals surface area contributed by atoms with Crippen LogP contribution in [0.1, 0.15) is 5.56 Å². The third-order valence-electron chi connectivity index (χ3n) is 4.78. The van der Waals surface area contributed by atoms with E-state index in [0.29, 0.717) is 44.5 Å². The van der Waals surface area contributed by atoms with Crippen LogP contribution >= 0.6 is 11.6 Å². The summed E-state index contributed by atoms with van der Waals surface area (Å²) in [4.78, 5) is 8.59. The van der Waals surface area contributed by atoms with Gasteiger partial charge in [0.25, 0.3) is 0 Å². The van der Waals surface area contributed by atoms with Crippen LogP contribution in [0.15, 0.2) is 30.6 Å². The molecule has 0 saturated heterocycles. The normalized spacial score (nSPS) is 11.7. The second-order valence-corrected chi connectivity index (χ2v) is 9.36. The van der Waals surface area contributed by atoms with Crippen molar-refractivity contribution >= 4 is 44.0 Å². The van der Waals surface area contributed by atoms with Gasteiger partial charge in [-0.05, 0) is 25.1 Å². The van der Waals surface area contributed by atoms with Gasteiger partial charge in [-0.2, -0.15) is 0 Å². The fourth-order valence-electron chi connectivity index (χ4n) is 2.83. The maximum Gasteiger partial charge on any atom is 0.211 e. The molecule has 3 aromatic rings. The molecule has 0 fully saturated rings. The predicted octanol–water partition coefficient (Wildman–Crippen LogP) is 3.32. The third kappa shape index (κ3) is 5.09. The Morgan fingerprint density at radius 1 is 1.23 bits per heavy atom. The van der Waals surface area contributed by atoms with E-state index in [-0.39, 0.29) is 18.9 Å². The average Bonchev–Trinajstić information content (AvgIpc) is 2.72. The van der Waals surface area contributed by atoms with E-state index in [1.165, 1.54) is 30.9 Å². The third-order valence-corrected chi connectivity index (χ3v) is 6.41. The summed E-state index contributed by atoms with van der Waals surface area (Å²) >= 11 is 6.29. The molecular weight excluding hydrogens is 444 g/mol. The summed E-state index contributed by atoms with van der Waals surface area (Å²) in [6, 6.07) is 6.53. The SMILES string of the molecule is COc1cc2c(Nc3c(Cl)ccc(O)c3C)ncnc2cc1OCCN(C)S(C)(=O)=O. The van der Waals surface area contributed by atoms with E-state index in [2.05, 4.69) is 15.3 Å². The first-order chi connectivity index (χ1) is 14.6. The Balaban J connectivity index is 1.93. The number of nitrogens with zero attached hydrogens (tertiary/aromatic N) is 3. The number of halogens is 1. The molecular formula is C20H23ClN4O5S. The van der Waals surface area contributed by atoms with Crippen LogP contribution in [-0.4, -0.2) is 61.4 Å². The Hall–Kier alpha value is -2.82. The van der Waals surface area contributed by atoms with Gasteiger partial charge in [-0.15, -0.1) is 0 Å². The minimum absolute atomic E-state index is 0.109. The zero-order valence-electron chi connectivity index (χ0n) is 17.5. The lowest BCUT2D eigenvalue weighted by atomic mass is 10.1. The number of benzene rings is 2. The van der Waals surface area contributed by atoms with E-state index in [0.717, 1.165) is 6.26 Å². The molecule has 0 aliphatic carbocycles. The van der Waals surface area contributed by atoms with Crippen molar-refractivity contribution < 1.29 is 23.0 Å². The highest BCUT2D eigenvalue weighted by Crippen LogP contribution is 2.38. The summed E-state index contributed by atoms with van der Waals surface area (Å²) in [6.45, 7) is 2.07.